The lowest BCUT2D eigenvalue weighted by Crippen LogP contribution is -1.93. The molecule has 0 atom stereocenters. The highest BCUT2D eigenvalue weighted by Gasteiger charge is 2.01. The normalized spacial score (nSPS) is 19.2. The average molecular weight is 86.1 g/mol. The summed E-state index contributed by atoms with van der Waals surface area (Å²) in [6, 6.07) is 0. The van der Waals surface area contributed by atoms with Crippen LogP contribution >= 0.6 is 0 Å². The van der Waals surface area contributed by atoms with Crippen LogP contribution in [-0.4, -0.2) is 6.67 Å². The lowest BCUT2D eigenvalue weighted by Gasteiger charge is -2.07. The van der Waals surface area contributed by atoms with Gasteiger partial charge in [0.2, 0.25) is 0 Å². The van der Waals surface area contributed by atoms with Crippen LogP contribution in [0.3, 0.4) is 0 Å². The summed E-state index contributed by atoms with van der Waals surface area (Å²) in [7, 11) is 0. The molecule has 1 rings (SSSR count). The Morgan fingerprint density at radius 2 is 2.50 bits per heavy atom. The predicted molar refractivity (Wildman–Crippen MR) is 23.3 cm³/mol. The van der Waals surface area contributed by atoms with Gasteiger partial charge in [-0.25, -0.2) is 4.39 Å². The van der Waals surface area contributed by atoms with Crippen molar-refractivity contribution in [3.05, 3.63) is 11.6 Å². The summed E-state index contributed by atoms with van der Waals surface area (Å²) in [6.07, 6.45) is 4.04. The first kappa shape index (κ1) is 3.85. The maximum absolute atomic E-state index is 11.4. The van der Waals surface area contributed by atoms with Crippen LogP contribution < -0.4 is 0 Å². The van der Waals surface area contributed by atoms with E-state index >= 15 is 0 Å². The molecular weight excluding hydrogens is 79.1 g/mol. The van der Waals surface area contributed by atoms with Crippen molar-refractivity contribution < 1.29 is 4.39 Å². The lowest BCUT2D eigenvalue weighted by atomic mass is 10.0. The molecule has 34 valence electrons. The van der Waals surface area contributed by atoms with Crippen LogP contribution in [-0.2, 0) is 0 Å². The second kappa shape index (κ2) is 1.41. The molecule has 6 heavy (non-hydrogen) atoms. The van der Waals surface area contributed by atoms with Crippen LogP contribution in [0.5, 0.6) is 0 Å². The molecular formula is C5H7F. The molecule has 0 radical (unpaired) electrons. The molecule has 1 heteroatoms. The summed E-state index contributed by atoms with van der Waals surface area (Å²) in [6.45, 7) is -0.222. The maximum Gasteiger partial charge on any atom is 0.111 e. The first-order chi connectivity index (χ1) is 2.93. The van der Waals surface area contributed by atoms with E-state index < -0.39 is 0 Å². The Morgan fingerprint density at radius 1 is 1.83 bits per heavy atom. The lowest BCUT2D eigenvalue weighted by molar-refractivity contribution is 0.518. The first-order valence-electron chi connectivity index (χ1n) is 2.17. The fourth-order valence-electron chi connectivity index (χ4n) is 0.470. The van der Waals surface area contributed by atoms with Gasteiger partial charge in [-0.1, -0.05) is 6.08 Å². The molecule has 0 fully saturated rings. The van der Waals surface area contributed by atoms with Crippen molar-refractivity contribution in [2.45, 2.75) is 12.8 Å². The molecule has 0 spiro atoms. The molecule has 0 heterocycles. The predicted octanol–water partition coefficient (Wildman–Crippen LogP) is 1.68. The molecule has 0 aromatic heterocycles. The van der Waals surface area contributed by atoms with Gasteiger partial charge >= 0.3 is 0 Å². The molecule has 0 aromatic carbocycles. The van der Waals surface area contributed by atoms with Crippen molar-refractivity contribution in [3.8, 4) is 0 Å². The van der Waals surface area contributed by atoms with Crippen LogP contribution in [0.4, 0.5) is 4.39 Å². The van der Waals surface area contributed by atoms with Gasteiger partial charge in [-0.2, -0.15) is 0 Å². The van der Waals surface area contributed by atoms with Gasteiger partial charge in [-0.3, -0.25) is 0 Å². The van der Waals surface area contributed by atoms with Gasteiger partial charge in [0.05, 0.1) is 0 Å². The molecule has 0 aliphatic heterocycles. The van der Waals surface area contributed by atoms with Gasteiger partial charge in [0.25, 0.3) is 0 Å². The van der Waals surface area contributed by atoms with Gasteiger partial charge in [0.1, 0.15) is 6.67 Å². The number of alkyl halides is 1. The van der Waals surface area contributed by atoms with E-state index in [0.29, 0.717) is 0 Å². The highest BCUT2D eigenvalue weighted by Crippen LogP contribution is 2.16. The minimum atomic E-state index is -0.222. The Labute approximate surface area is 36.7 Å². The van der Waals surface area contributed by atoms with Crippen molar-refractivity contribution in [2.75, 3.05) is 6.67 Å². The average Bonchev–Trinajstić information content (AvgIpc) is 1.31. The topological polar surface area (TPSA) is 0 Å². The number of hydrogen-bond donors (Lipinski definition) is 0. The zero-order chi connectivity index (χ0) is 4.41. The molecule has 0 bridgehead atoms. The highest BCUT2D eigenvalue weighted by atomic mass is 19.1. The summed E-state index contributed by atoms with van der Waals surface area (Å²) in [5.74, 6) is 0. The molecule has 0 aromatic rings. The molecule has 0 saturated heterocycles. The Kier molecular flexibility index (Phi) is 0.906. The molecule has 0 amide bonds. The van der Waals surface area contributed by atoms with Crippen LogP contribution in [0.15, 0.2) is 11.6 Å². The van der Waals surface area contributed by atoms with Gasteiger partial charge in [0, 0.05) is 0 Å². The zero-order valence-corrected chi connectivity index (χ0v) is 3.58. The Balaban J connectivity index is 2.32. The minimum absolute atomic E-state index is 0.222. The van der Waals surface area contributed by atoms with Crippen LogP contribution in [0.2, 0.25) is 0 Å². The van der Waals surface area contributed by atoms with E-state index in [-0.39, 0.29) is 6.67 Å². The fourth-order valence-corrected chi connectivity index (χ4v) is 0.470. The smallest absolute Gasteiger partial charge is 0.111 e. The largest absolute Gasteiger partial charge is 0.246 e. The number of hydrogen-bond acceptors (Lipinski definition) is 0. The van der Waals surface area contributed by atoms with E-state index in [1.54, 1.807) is 0 Å². The summed E-state index contributed by atoms with van der Waals surface area (Å²) in [5.41, 5.74) is 0.981. The van der Waals surface area contributed by atoms with E-state index in [0.717, 1.165) is 18.4 Å². The summed E-state index contributed by atoms with van der Waals surface area (Å²) in [4.78, 5) is 0. The van der Waals surface area contributed by atoms with E-state index in [1.165, 1.54) is 0 Å². The quantitative estimate of drug-likeness (QED) is 0.426. The van der Waals surface area contributed by atoms with Crippen molar-refractivity contribution in [3.63, 3.8) is 0 Å². The molecule has 0 nitrogen and oxygen atoms in total. The van der Waals surface area contributed by atoms with Crippen molar-refractivity contribution in [1.29, 1.82) is 0 Å². The molecule has 1 aliphatic rings. The third kappa shape index (κ3) is 0.445. The molecule has 1 aliphatic carbocycles. The standard InChI is InChI=1S/C5H7F/c6-4-5-2-1-3-5/h2H,1,3-4H2. The molecule has 0 saturated carbocycles. The second-order valence-electron chi connectivity index (χ2n) is 1.53. The molecule has 0 unspecified atom stereocenters. The van der Waals surface area contributed by atoms with E-state index in [9.17, 15) is 4.39 Å². The molecule has 0 N–H and O–H groups in total. The SMILES string of the molecule is FCC1=CCC1. The minimum Gasteiger partial charge on any atom is -0.246 e. The van der Waals surface area contributed by atoms with Crippen molar-refractivity contribution in [1.82, 2.24) is 0 Å². The third-order valence-electron chi connectivity index (χ3n) is 1.07. The third-order valence-corrected chi connectivity index (χ3v) is 1.07. The summed E-state index contributed by atoms with van der Waals surface area (Å²) >= 11 is 0. The van der Waals surface area contributed by atoms with Crippen molar-refractivity contribution in [2.24, 2.45) is 0 Å². The Hall–Kier alpha value is -0.330. The number of allylic oxidation sites excluding steroid dienone is 2. The summed E-state index contributed by atoms with van der Waals surface area (Å²) < 4.78 is 11.4. The first-order valence-corrected chi connectivity index (χ1v) is 2.17. The fraction of sp³-hybridized carbons (Fsp3) is 0.600. The van der Waals surface area contributed by atoms with E-state index in [2.05, 4.69) is 0 Å². The Bertz CT molecular complexity index is 74.0. The summed E-state index contributed by atoms with van der Waals surface area (Å²) in [5, 5.41) is 0. The van der Waals surface area contributed by atoms with Crippen LogP contribution in [0, 0.1) is 0 Å². The van der Waals surface area contributed by atoms with E-state index in [1.807, 2.05) is 6.08 Å². The van der Waals surface area contributed by atoms with Gasteiger partial charge in [-0.15, -0.1) is 0 Å². The van der Waals surface area contributed by atoms with Gasteiger partial charge in [0.15, 0.2) is 0 Å². The van der Waals surface area contributed by atoms with Gasteiger partial charge in [-0.05, 0) is 18.4 Å². The number of rotatable bonds is 1. The monoisotopic (exact) mass is 86.1 g/mol. The maximum atomic E-state index is 11.4. The second-order valence-corrected chi connectivity index (χ2v) is 1.53. The van der Waals surface area contributed by atoms with Crippen LogP contribution in [0.25, 0.3) is 0 Å². The van der Waals surface area contributed by atoms with E-state index in [4.69, 9.17) is 0 Å². The number of halogens is 1. The van der Waals surface area contributed by atoms with Crippen LogP contribution in [0.1, 0.15) is 12.8 Å². The highest BCUT2D eigenvalue weighted by molar-refractivity contribution is 5.11. The van der Waals surface area contributed by atoms with Gasteiger partial charge < -0.3 is 0 Å². The Morgan fingerprint density at radius 3 is 2.50 bits per heavy atom. The van der Waals surface area contributed by atoms with Crippen molar-refractivity contribution >= 4 is 0 Å². The zero-order valence-electron chi connectivity index (χ0n) is 3.58.